The van der Waals surface area contributed by atoms with Crippen molar-refractivity contribution in [2.24, 2.45) is 0 Å². The summed E-state index contributed by atoms with van der Waals surface area (Å²) >= 11 is 0. The Morgan fingerprint density at radius 3 is 2.38 bits per heavy atom. The fraction of sp³-hybridized carbons (Fsp3) is 0.350. The summed E-state index contributed by atoms with van der Waals surface area (Å²) in [5, 5.41) is 0. The molecule has 0 atom stereocenters. The van der Waals surface area contributed by atoms with Crippen LogP contribution in [0.5, 0.6) is 5.75 Å². The Balaban J connectivity index is 2.08. The van der Waals surface area contributed by atoms with Gasteiger partial charge in [0.1, 0.15) is 11.4 Å². The summed E-state index contributed by atoms with van der Waals surface area (Å²) < 4.78 is 6.13. The van der Waals surface area contributed by atoms with E-state index in [0.29, 0.717) is 36.5 Å². The van der Waals surface area contributed by atoms with Crippen LogP contribution in [-0.2, 0) is 11.3 Å². The van der Waals surface area contributed by atoms with Gasteiger partial charge in [-0.05, 0) is 37.5 Å². The van der Waals surface area contributed by atoms with Gasteiger partial charge in [-0.1, -0.05) is 49.7 Å². The highest BCUT2D eigenvalue weighted by Gasteiger charge is 2.46. The van der Waals surface area contributed by atoms with E-state index in [-0.39, 0.29) is 5.91 Å². The third-order valence-electron chi connectivity index (χ3n) is 4.84. The summed E-state index contributed by atoms with van der Waals surface area (Å²) in [6, 6.07) is 13.8. The van der Waals surface area contributed by atoms with E-state index in [1.807, 2.05) is 32.0 Å². The number of nitrogens with two attached hydrogens (primary N) is 1. The number of carbonyl (C=O) groups excluding carboxylic acids is 1. The first kappa shape index (κ1) is 16.4. The first-order valence-electron chi connectivity index (χ1n) is 8.45. The van der Waals surface area contributed by atoms with Gasteiger partial charge in [0, 0.05) is 0 Å². The number of nitrogens with zero attached hydrogens (tertiary/aromatic N) is 1. The summed E-state index contributed by atoms with van der Waals surface area (Å²) in [7, 11) is 0. The first-order valence-corrected chi connectivity index (χ1v) is 8.45. The second-order valence-electron chi connectivity index (χ2n) is 6.37. The number of hydrogen-bond donors (Lipinski definition) is 1. The number of para-hydroxylation sites is 1. The van der Waals surface area contributed by atoms with Crippen LogP contribution >= 0.6 is 0 Å². The fourth-order valence-electron chi connectivity index (χ4n) is 3.24. The maximum absolute atomic E-state index is 13.2. The minimum atomic E-state index is -0.814. The monoisotopic (exact) mass is 324 g/mol. The highest BCUT2D eigenvalue weighted by Crippen LogP contribution is 2.44. The van der Waals surface area contributed by atoms with Crippen LogP contribution in [0.4, 0.5) is 11.4 Å². The van der Waals surface area contributed by atoms with Gasteiger partial charge in [0.15, 0.2) is 5.60 Å². The van der Waals surface area contributed by atoms with Gasteiger partial charge in [0.2, 0.25) is 0 Å². The quantitative estimate of drug-likeness (QED) is 0.863. The molecule has 1 aliphatic rings. The van der Waals surface area contributed by atoms with Crippen molar-refractivity contribution in [2.75, 3.05) is 10.6 Å². The average molecular weight is 324 g/mol. The van der Waals surface area contributed by atoms with Gasteiger partial charge in [-0.3, -0.25) is 9.69 Å². The van der Waals surface area contributed by atoms with Crippen LogP contribution in [0.25, 0.3) is 0 Å². The molecular weight excluding hydrogens is 300 g/mol. The summed E-state index contributed by atoms with van der Waals surface area (Å²) in [5.41, 5.74) is 8.87. The second-order valence-corrected chi connectivity index (χ2v) is 6.37. The predicted octanol–water partition coefficient (Wildman–Crippen LogP) is 4.06. The Kier molecular flexibility index (Phi) is 4.22. The smallest absolute Gasteiger partial charge is 0.271 e. The topological polar surface area (TPSA) is 55.6 Å². The van der Waals surface area contributed by atoms with Crippen LogP contribution in [0.15, 0.2) is 42.5 Å². The van der Waals surface area contributed by atoms with E-state index in [1.54, 1.807) is 4.90 Å². The Hall–Kier alpha value is -2.49. The zero-order chi connectivity index (χ0) is 17.3. The number of rotatable bonds is 4. The number of carbonyl (C=O) groups is 1. The van der Waals surface area contributed by atoms with Crippen LogP contribution < -0.4 is 15.4 Å². The molecule has 0 bridgehead atoms. The number of benzene rings is 2. The van der Waals surface area contributed by atoms with Crippen molar-refractivity contribution in [2.45, 2.75) is 45.8 Å². The summed E-state index contributed by atoms with van der Waals surface area (Å²) in [6.45, 7) is 6.52. The highest BCUT2D eigenvalue weighted by molar-refractivity contribution is 6.05. The van der Waals surface area contributed by atoms with Crippen molar-refractivity contribution < 1.29 is 9.53 Å². The molecule has 126 valence electrons. The number of ether oxygens (including phenoxy) is 1. The fourth-order valence-corrected chi connectivity index (χ4v) is 3.24. The van der Waals surface area contributed by atoms with Gasteiger partial charge in [0.05, 0.1) is 12.2 Å². The molecule has 2 aromatic carbocycles. The molecular formula is C20H24N2O2. The molecule has 2 aromatic rings. The van der Waals surface area contributed by atoms with Crippen molar-refractivity contribution in [3.63, 3.8) is 0 Å². The molecule has 0 radical (unpaired) electrons. The molecule has 1 amide bonds. The standard InChI is InChI=1S/C20H24N2O2/c1-4-20(5-2)19(23)22(13-15-11-9-14(3)10-12-15)18-16(21)7-6-8-17(18)24-20/h6-12H,4-5,13,21H2,1-3H3. The molecule has 0 saturated carbocycles. The second kappa shape index (κ2) is 6.19. The summed E-state index contributed by atoms with van der Waals surface area (Å²) in [4.78, 5) is 15.0. The lowest BCUT2D eigenvalue weighted by Gasteiger charge is -2.42. The minimum absolute atomic E-state index is 0.0153. The van der Waals surface area contributed by atoms with Gasteiger partial charge >= 0.3 is 0 Å². The van der Waals surface area contributed by atoms with E-state index in [9.17, 15) is 4.79 Å². The lowest BCUT2D eigenvalue weighted by molar-refractivity contribution is -0.136. The molecule has 1 aliphatic heterocycles. The molecule has 3 rings (SSSR count). The zero-order valence-corrected chi connectivity index (χ0v) is 14.5. The number of fused-ring (bicyclic) bond motifs is 1. The largest absolute Gasteiger partial charge is 0.475 e. The number of hydrogen-bond acceptors (Lipinski definition) is 3. The SMILES string of the molecule is CCC1(CC)Oc2cccc(N)c2N(Cc2ccc(C)cc2)C1=O. The normalized spacial score (nSPS) is 15.8. The lowest BCUT2D eigenvalue weighted by Crippen LogP contribution is -2.55. The Morgan fingerprint density at radius 1 is 1.08 bits per heavy atom. The minimum Gasteiger partial charge on any atom is -0.475 e. The molecule has 2 N–H and O–H groups in total. The Morgan fingerprint density at radius 2 is 1.75 bits per heavy atom. The van der Waals surface area contributed by atoms with Gasteiger partial charge in [-0.2, -0.15) is 0 Å². The van der Waals surface area contributed by atoms with Gasteiger partial charge in [0.25, 0.3) is 5.91 Å². The molecule has 0 fully saturated rings. The van der Waals surface area contributed by atoms with E-state index in [1.165, 1.54) is 5.56 Å². The number of anilines is 2. The maximum Gasteiger partial charge on any atom is 0.271 e. The van der Waals surface area contributed by atoms with Gasteiger partial charge in [-0.15, -0.1) is 0 Å². The van der Waals surface area contributed by atoms with E-state index in [0.717, 1.165) is 5.56 Å². The highest BCUT2D eigenvalue weighted by atomic mass is 16.5. The Labute approximate surface area is 143 Å². The molecule has 0 unspecified atom stereocenters. The molecule has 0 aromatic heterocycles. The van der Waals surface area contributed by atoms with Crippen molar-refractivity contribution in [3.05, 3.63) is 53.6 Å². The van der Waals surface area contributed by atoms with Crippen LogP contribution in [0.2, 0.25) is 0 Å². The summed E-state index contributed by atoms with van der Waals surface area (Å²) in [5.74, 6) is 0.670. The van der Waals surface area contributed by atoms with Gasteiger partial charge < -0.3 is 10.5 Å². The van der Waals surface area contributed by atoms with Gasteiger partial charge in [-0.25, -0.2) is 0 Å². The number of amides is 1. The van der Waals surface area contributed by atoms with E-state index in [2.05, 4.69) is 31.2 Å². The molecule has 1 heterocycles. The predicted molar refractivity (Wildman–Crippen MR) is 97.2 cm³/mol. The van der Waals surface area contributed by atoms with Crippen LogP contribution in [-0.4, -0.2) is 11.5 Å². The summed E-state index contributed by atoms with van der Waals surface area (Å²) in [6.07, 6.45) is 1.25. The first-order chi connectivity index (χ1) is 11.5. The maximum atomic E-state index is 13.2. The molecule has 0 aliphatic carbocycles. The van der Waals surface area contributed by atoms with E-state index < -0.39 is 5.60 Å². The van der Waals surface area contributed by atoms with Crippen molar-refractivity contribution in [1.29, 1.82) is 0 Å². The molecule has 0 saturated heterocycles. The lowest BCUT2D eigenvalue weighted by atomic mass is 9.92. The third-order valence-corrected chi connectivity index (χ3v) is 4.84. The number of aryl methyl sites for hydroxylation is 1. The van der Waals surface area contributed by atoms with E-state index >= 15 is 0 Å². The molecule has 24 heavy (non-hydrogen) atoms. The molecule has 4 heteroatoms. The van der Waals surface area contributed by atoms with Crippen molar-refractivity contribution >= 4 is 17.3 Å². The van der Waals surface area contributed by atoms with Crippen LogP contribution in [0.3, 0.4) is 0 Å². The molecule has 0 spiro atoms. The average Bonchev–Trinajstić information content (AvgIpc) is 2.59. The van der Waals surface area contributed by atoms with Crippen molar-refractivity contribution in [1.82, 2.24) is 0 Å². The zero-order valence-electron chi connectivity index (χ0n) is 14.5. The van der Waals surface area contributed by atoms with Crippen LogP contribution in [0, 0.1) is 6.92 Å². The molecule has 4 nitrogen and oxygen atoms in total. The van der Waals surface area contributed by atoms with E-state index in [4.69, 9.17) is 10.5 Å². The van der Waals surface area contributed by atoms with Crippen molar-refractivity contribution in [3.8, 4) is 5.75 Å². The third kappa shape index (κ3) is 2.62. The number of nitrogen functional groups attached to an aromatic ring is 1. The Bertz CT molecular complexity index is 749. The van der Waals surface area contributed by atoms with Crippen LogP contribution in [0.1, 0.15) is 37.8 Å².